The molecule has 3 N–H and O–H groups in total. The molecule has 16 heavy (non-hydrogen) atoms. The fourth-order valence-electron chi connectivity index (χ4n) is 2.20. The summed E-state index contributed by atoms with van der Waals surface area (Å²) in [5.41, 5.74) is 8.23. The highest BCUT2D eigenvalue weighted by atomic mass is 32.2. The van der Waals surface area contributed by atoms with Gasteiger partial charge in [0.05, 0.1) is 4.75 Å². The summed E-state index contributed by atoms with van der Waals surface area (Å²) < 4.78 is -0.706. The number of nitrogens with two attached hydrogens (primary N) is 1. The van der Waals surface area contributed by atoms with E-state index >= 15 is 0 Å². The maximum absolute atomic E-state index is 11.5. The van der Waals surface area contributed by atoms with Crippen molar-refractivity contribution >= 4 is 23.6 Å². The van der Waals surface area contributed by atoms with E-state index in [1.807, 2.05) is 0 Å². The van der Waals surface area contributed by atoms with Crippen molar-refractivity contribution in [1.29, 1.82) is 0 Å². The van der Waals surface area contributed by atoms with E-state index < -0.39 is 22.8 Å². The first-order valence-electron chi connectivity index (χ1n) is 4.78. The minimum atomic E-state index is -1.02. The lowest BCUT2D eigenvalue weighted by molar-refractivity contribution is -0.158. The molecule has 2 heterocycles. The van der Waals surface area contributed by atoms with Gasteiger partial charge in [0.25, 0.3) is 0 Å². The molecule has 2 aliphatic rings. The molecule has 2 fully saturated rings. The van der Waals surface area contributed by atoms with E-state index in [9.17, 15) is 14.7 Å². The highest BCUT2D eigenvalue weighted by Crippen LogP contribution is 2.51. The first kappa shape index (κ1) is 11.3. The zero-order valence-corrected chi connectivity index (χ0v) is 9.53. The van der Waals surface area contributed by atoms with Crippen LogP contribution >= 0.6 is 11.8 Å². The Morgan fingerprint density at radius 3 is 2.94 bits per heavy atom. The normalized spacial score (nSPS) is 41.0. The number of carboxylic acid groups (broad SMARTS) is 1. The van der Waals surface area contributed by atoms with Gasteiger partial charge in [-0.15, -0.1) is 17.5 Å². The smallest absolute Gasteiger partial charge is 0.328 e. The molecular formula is C10H12N2O3S. The fraction of sp³-hybridized carbons (Fsp3) is 0.500. The number of nitrogens with zero attached hydrogens (tertiary/aromatic N) is 1. The average molecular weight is 240 g/mol. The standard InChI is InChI=1S/C10H12N2O3S/c1-3-4-10(2)6(9(14)15)12-7(13)5(11)8(12)16-10/h4-6,8H,1,11H2,2H3,(H,14,15)/t5-,6?,8+,10-/m1/s1. The molecule has 2 rings (SSSR count). The van der Waals surface area contributed by atoms with Crippen molar-refractivity contribution in [3.05, 3.63) is 18.4 Å². The molecule has 1 amide bonds. The molecule has 0 aromatic rings. The minimum absolute atomic E-state index is 0.247. The highest BCUT2D eigenvalue weighted by Gasteiger charge is 2.63. The zero-order valence-electron chi connectivity index (χ0n) is 8.71. The van der Waals surface area contributed by atoms with Crippen LogP contribution in [0.4, 0.5) is 0 Å². The molecule has 0 saturated carbocycles. The van der Waals surface area contributed by atoms with Gasteiger partial charge in [-0.25, -0.2) is 4.79 Å². The number of carbonyl (C=O) groups excluding carboxylic acids is 1. The molecular weight excluding hydrogens is 228 g/mol. The topological polar surface area (TPSA) is 83.6 Å². The molecule has 0 bridgehead atoms. The van der Waals surface area contributed by atoms with Gasteiger partial charge in [0.15, 0.2) is 0 Å². The molecule has 1 unspecified atom stereocenters. The van der Waals surface area contributed by atoms with Crippen LogP contribution < -0.4 is 5.73 Å². The van der Waals surface area contributed by atoms with E-state index in [2.05, 4.69) is 12.3 Å². The second-order valence-electron chi connectivity index (χ2n) is 4.05. The second-order valence-corrected chi connectivity index (χ2v) is 5.65. The van der Waals surface area contributed by atoms with E-state index in [4.69, 9.17) is 5.73 Å². The van der Waals surface area contributed by atoms with Gasteiger partial charge < -0.3 is 15.7 Å². The number of thioether (sulfide) groups is 1. The summed E-state index contributed by atoms with van der Waals surface area (Å²) in [4.78, 5) is 24.1. The molecule has 6 heteroatoms. The average Bonchev–Trinajstić information content (AvgIpc) is 2.49. The van der Waals surface area contributed by atoms with Crippen molar-refractivity contribution < 1.29 is 14.7 Å². The number of rotatable bonds is 2. The monoisotopic (exact) mass is 240 g/mol. The van der Waals surface area contributed by atoms with E-state index in [-0.39, 0.29) is 11.3 Å². The third kappa shape index (κ3) is 1.24. The fourth-order valence-corrected chi connectivity index (χ4v) is 3.81. The summed E-state index contributed by atoms with van der Waals surface area (Å²) in [6, 6.07) is -1.48. The largest absolute Gasteiger partial charge is 0.480 e. The number of carboxylic acids is 1. The molecule has 86 valence electrons. The van der Waals surface area contributed by atoms with E-state index in [1.165, 1.54) is 16.7 Å². The first-order chi connectivity index (χ1) is 7.42. The lowest BCUT2D eigenvalue weighted by atomic mass is 9.95. The molecule has 5 nitrogen and oxygen atoms in total. The molecule has 0 radical (unpaired) electrons. The maximum atomic E-state index is 11.5. The Kier molecular flexibility index (Phi) is 2.38. The Hall–Kier alpha value is -1.23. The quantitative estimate of drug-likeness (QED) is 0.515. The molecule has 0 aliphatic carbocycles. The van der Waals surface area contributed by atoms with Gasteiger partial charge in [0.1, 0.15) is 17.5 Å². The first-order valence-corrected chi connectivity index (χ1v) is 5.65. The SMILES string of the molecule is C=C=C[C@@]1(C)S[C@H]2[C@H](N)C(=O)N2C1C(=O)O. The van der Waals surface area contributed by atoms with Gasteiger partial charge in [0, 0.05) is 0 Å². The number of amides is 1. The number of fused-ring (bicyclic) bond motifs is 1. The van der Waals surface area contributed by atoms with Crippen molar-refractivity contribution in [1.82, 2.24) is 4.90 Å². The molecule has 0 aromatic heterocycles. The van der Waals surface area contributed by atoms with Crippen molar-refractivity contribution in [3.8, 4) is 0 Å². The van der Waals surface area contributed by atoms with Crippen LogP contribution in [0.1, 0.15) is 6.92 Å². The van der Waals surface area contributed by atoms with Crippen LogP contribution in [0, 0.1) is 0 Å². The number of hydrogen-bond donors (Lipinski definition) is 2. The Morgan fingerprint density at radius 2 is 2.44 bits per heavy atom. The van der Waals surface area contributed by atoms with E-state index in [0.717, 1.165) is 0 Å². The Balaban J connectivity index is 2.40. The van der Waals surface area contributed by atoms with E-state index in [1.54, 1.807) is 13.0 Å². The summed E-state index contributed by atoms with van der Waals surface area (Å²) in [7, 11) is 0. The van der Waals surface area contributed by atoms with Crippen LogP contribution in [0.5, 0.6) is 0 Å². The lowest BCUT2D eigenvalue weighted by Gasteiger charge is -2.41. The molecule has 2 aliphatic heterocycles. The Labute approximate surface area is 97.0 Å². The minimum Gasteiger partial charge on any atom is -0.480 e. The number of carbonyl (C=O) groups is 2. The van der Waals surface area contributed by atoms with Crippen LogP contribution in [0.3, 0.4) is 0 Å². The van der Waals surface area contributed by atoms with Crippen LogP contribution in [0.2, 0.25) is 0 Å². The third-order valence-electron chi connectivity index (χ3n) is 2.94. The van der Waals surface area contributed by atoms with Crippen LogP contribution in [-0.2, 0) is 9.59 Å². The predicted octanol–water partition coefficient (Wildman–Crippen LogP) is -0.218. The van der Waals surface area contributed by atoms with Gasteiger partial charge in [-0.05, 0) is 13.0 Å². The molecule has 0 aromatic carbocycles. The summed E-state index contributed by atoms with van der Waals surface area (Å²) in [5.74, 6) is -1.32. The summed E-state index contributed by atoms with van der Waals surface area (Å²) in [5, 5.41) is 8.94. The number of aliphatic carboxylic acids is 1. The lowest BCUT2D eigenvalue weighted by Crippen LogP contribution is -2.68. The van der Waals surface area contributed by atoms with Crippen molar-refractivity contribution in [2.75, 3.05) is 0 Å². The number of β-lactam (4-membered cyclic amide) rings is 1. The van der Waals surface area contributed by atoms with Crippen LogP contribution in [0.15, 0.2) is 18.4 Å². The number of hydrogen-bond acceptors (Lipinski definition) is 4. The van der Waals surface area contributed by atoms with Crippen molar-refractivity contribution in [2.45, 2.75) is 29.1 Å². The van der Waals surface area contributed by atoms with Crippen LogP contribution in [0.25, 0.3) is 0 Å². The Morgan fingerprint density at radius 1 is 1.81 bits per heavy atom. The zero-order chi connectivity index (χ0) is 12.1. The second kappa shape index (κ2) is 3.38. The third-order valence-corrected chi connectivity index (χ3v) is 4.55. The van der Waals surface area contributed by atoms with Crippen LogP contribution in [-0.4, -0.2) is 44.1 Å². The van der Waals surface area contributed by atoms with Gasteiger partial charge >= 0.3 is 5.97 Å². The summed E-state index contributed by atoms with van der Waals surface area (Å²) in [6.07, 6.45) is 1.59. The Bertz CT molecular complexity index is 418. The van der Waals surface area contributed by atoms with Gasteiger partial charge in [0.2, 0.25) is 5.91 Å². The molecule has 2 saturated heterocycles. The van der Waals surface area contributed by atoms with Gasteiger partial charge in [-0.2, -0.15) is 0 Å². The molecule has 4 atom stereocenters. The van der Waals surface area contributed by atoms with Gasteiger partial charge in [-0.3, -0.25) is 4.79 Å². The van der Waals surface area contributed by atoms with E-state index in [0.29, 0.717) is 0 Å². The predicted molar refractivity (Wildman–Crippen MR) is 59.7 cm³/mol. The highest BCUT2D eigenvalue weighted by molar-refractivity contribution is 8.02. The summed E-state index contributed by atoms with van der Waals surface area (Å²) in [6.45, 7) is 5.21. The van der Waals surface area contributed by atoms with Gasteiger partial charge in [-0.1, -0.05) is 6.58 Å². The summed E-state index contributed by atoms with van der Waals surface area (Å²) >= 11 is 1.38. The molecule has 0 spiro atoms. The van der Waals surface area contributed by atoms with Crippen molar-refractivity contribution in [3.63, 3.8) is 0 Å². The maximum Gasteiger partial charge on any atom is 0.328 e. The van der Waals surface area contributed by atoms with Crippen molar-refractivity contribution in [2.24, 2.45) is 5.73 Å².